The average molecular weight is 280 g/mol. The first-order chi connectivity index (χ1) is 9.24. The van der Waals surface area contributed by atoms with Crippen molar-refractivity contribution in [2.45, 2.75) is 6.42 Å². The van der Waals surface area contributed by atoms with Gasteiger partial charge in [0, 0.05) is 44.4 Å². The van der Waals surface area contributed by atoms with Crippen LogP contribution in [0.3, 0.4) is 0 Å². The van der Waals surface area contributed by atoms with E-state index in [1.807, 2.05) is 23.1 Å². The van der Waals surface area contributed by atoms with Gasteiger partial charge in [-0.15, -0.1) is 0 Å². The largest absolute Gasteiger partial charge is 0.497 e. The fraction of sp³-hybridized carbons (Fsp3) is 0.500. The summed E-state index contributed by atoms with van der Waals surface area (Å²) in [7, 11) is 1.67. The Morgan fingerprint density at radius 1 is 1.32 bits per heavy atom. The van der Waals surface area contributed by atoms with Crippen molar-refractivity contribution in [1.29, 1.82) is 0 Å². The van der Waals surface area contributed by atoms with Gasteiger partial charge in [-0.2, -0.15) is 12.6 Å². The first kappa shape index (κ1) is 14.1. The molecule has 0 saturated carbocycles. The highest BCUT2D eigenvalue weighted by Gasteiger charge is 2.20. The fourth-order valence-corrected chi connectivity index (χ4v) is 2.47. The standard InChI is InChI=1S/C14H20N2O2S/c1-18-13-4-2-3-12(11-13)15-6-8-16(9-7-15)14(17)5-10-19/h2-4,11,19H,5-10H2,1H3. The van der Waals surface area contributed by atoms with E-state index >= 15 is 0 Å². The number of rotatable bonds is 4. The molecular formula is C14H20N2O2S. The van der Waals surface area contributed by atoms with Crippen LogP contribution in [0.25, 0.3) is 0 Å². The number of hydrogen-bond donors (Lipinski definition) is 1. The van der Waals surface area contributed by atoms with Crippen LogP contribution in [0.2, 0.25) is 0 Å². The number of nitrogens with zero attached hydrogens (tertiary/aromatic N) is 2. The second kappa shape index (κ2) is 6.70. The highest BCUT2D eigenvalue weighted by Crippen LogP contribution is 2.22. The van der Waals surface area contributed by atoms with Crippen molar-refractivity contribution in [3.05, 3.63) is 24.3 Å². The minimum absolute atomic E-state index is 0.209. The zero-order valence-corrected chi connectivity index (χ0v) is 12.1. The van der Waals surface area contributed by atoms with Gasteiger partial charge in [0.2, 0.25) is 5.91 Å². The van der Waals surface area contributed by atoms with Crippen LogP contribution >= 0.6 is 12.6 Å². The number of piperazine rings is 1. The molecule has 0 bridgehead atoms. The third kappa shape index (κ3) is 3.56. The summed E-state index contributed by atoms with van der Waals surface area (Å²) in [6, 6.07) is 8.04. The molecule has 1 aliphatic rings. The highest BCUT2D eigenvalue weighted by atomic mass is 32.1. The van der Waals surface area contributed by atoms with Gasteiger partial charge < -0.3 is 14.5 Å². The van der Waals surface area contributed by atoms with Gasteiger partial charge in [0.1, 0.15) is 5.75 Å². The summed E-state index contributed by atoms with van der Waals surface area (Å²) in [5.41, 5.74) is 1.15. The van der Waals surface area contributed by atoms with E-state index in [1.165, 1.54) is 0 Å². The number of amides is 1. The molecule has 5 heteroatoms. The van der Waals surface area contributed by atoms with Crippen molar-refractivity contribution < 1.29 is 9.53 Å². The molecular weight excluding hydrogens is 260 g/mol. The third-order valence-electron chi connectivity index (χ3n) is 3.38. The summed E-state index contributed by atoms with van der Waals surface area (Å²) in [4.78, 5) is 16.0. The first-order valence-electron chi connectivity index (χ1n) is 6.52. The summed E-state index contributed by atoms with van der Waals surface area (Å²) in [6.07, 6.45) is 0.530. The van der Waals surface area contributed by atoms with Crippen LogP contribution in [0.1, 0.15) is 6.42 Å². The summed E-state index contributed by atoms with van der Waals surface area (Å²) >= 11 is 4.10. The van der Waals surface area contributed by atoms with Gasteiger partial charge in [0.05, 0.1) is 7.11 Å². The van der Waals surface area contributed by atoms with Crippen LogP contribution in [-0.2, 0) is 4.79 Å². The van der Waals surface area contributed by atoms with Crippen LogP contribution in [0.15, 0.2) is 24.3 Å². The Kier molecular flexibility index (Phi) is 4.96. The summed E-state index contributed by atoms with van der Waals surface area (Å²) in [6.45, 7) is 3.30. The molecule has 1 amide bonds. The molecule has 2 rings (SSSR count). The average Bonchev–Trinajstić information content (AvgIpc) is 2.48. The molecule has 4 nitrogen and oxygen atoms in total. The molecule has 0 aliphatic carbocycles. The molecule has 1 aliphatic heterocycles. The van der Waals surface area contributed by atoms with Crippen molar-refractivity contribution in [2.75, 3.05) is 43.9 Å². The maximum absolute atomic E-state index is 11.8. The lowest BCUT2D eigenvalue weighted by atomic mass is 10.2. The minimum Gasteiger partial charge on any atom is -0.497 e. The Balaban J connectivity index is 1.94. The number of anilines is 1. The normalized spacial score (nSPS) is 15.5. The van der Waals surface area contributed by atoms with Crippen molar-refractivity contribution >= 4 is 24.2 Å². The quantitative estimate of drug-likeness (QED) is 0.852. The van der Waals surface area contributed by atoms with Gasteiger partial charge in [-0.3, -0.25) is 4.79 Å². The molecule has 104 valence electrons. The van der Waals surface area contributed by atoms with E-state index < -0.39 is 0 Å². The van der Waals surface area contributed by atoms with E-state index in [2.05, 4.69) is 23.6 Å². The van der Waals surface area contributed by atoms with Gasteiger partial charge in [0.25, 0.3) is 0 Å². The number of carbonyl (C=O) groups excluding carboxylic acids is 1. The first-order valence-corrected chi connectivity index (χ1v) is 7.15. The van der Waals surface area contributed by atoms with E-state index in [4.69, 9.17) is 4.74 Å². The van der Waals surface area contributed by atoms with E-state index in [0.717, 1.165) is 37.6 Å². The number of benzene rings is 1. The van der Waals surface area contributed by atoms with E-state index in [1.54, 1.807) is 7.11 Å². The van der Waals surface area contributed by atoms with E-state index in [-0.39, 0.29) is 5.91 Å². The van der Waals surface area contributed by atoms with Crippen molar-refractivity contribution in [3.8, 4) is 5.75 Å². The van der Waals surface area contributed by atoms with Gasteiger partial charge in [0.15, 0.2) is 0 Å². The van der Waals surface area contributed by atoms with Gasteiger partial charge in [-0.1, -0.05) is 6.07 Å². The Bertz CT molecular complexity index is 431. The maximum atomic E-state index is 11.8. The Morgan fingerprint density at radius 3 is 2.68 bits per heavy atom. The van der Waals surface area contributed by atoms with E-state index in [9.17, 15) is 4.79 Å². The Hall–Kier alpha value is -1.36. The number of ether oxygens (including phenoxy) is 1. The third-order valence-corrected chi connectivity index (χ3v) is 3.60. The lowest BCUT2D eigenvalue weighted by Crippen LogP contribution is -2.48. The Morgan fingerprint density at radius 2 is 2.05 bits per heavy atom. The zero-order valence-electron chi connectivity index (χ0n) is 11.2. The van der Waals surface area contributed by atoms with Crippen LogP contribution in [-0.4, -0.2) is 49.8 Å². The fourth-order valence-electron chi connectivity index (χ4n) is 2.27. The predicted molar refractivity (Wildman–Crippen MR) is 80.3 cm³/mol. The zero-order chi connectivity index (χ0) is 13.7. The molecule has 1 fully saturated rings. The van der Waals surface area contributed by atoms with Crippen LogP contribution in [0, 0.1) is 0 Å². The molecule has 0 atom stereocenters. The molecule has 1 aromatic rings. The van der Waals surface area contributed by atoms with Crippen LogP contribution in [0.5, 0.6) is 5.75 Å². The van der Waals surface area contributed by atoms with Crippen LogP contribution < -0.4 is 9.64 Å². The lowest BCUT2D eigenvalue weighted by Gasteiger charge is -2.36. The molecule has 0 aromatic heterocycles. The molecule has 1 heterocycles. The van der Waals surface area contributed by atoms with Crippen molar-refractivity contribution in [1.82, 2.24) is 4.90 Å². The predicted octanol–water partition coefficient (Wildman–Crippen LogP) is 1.66. The molecule has 1 saturated heterocycles. The monoisotopic (exact) mass is 280 g/mol. The lowest BCUT2D eigenvalue weighted by molar-refractivity contribution is -0.131. The summed E-state index contributed by atoms with van der Waals surface area (Å²) in [5, 5.41) is 0. The molecule has 19 heavy (non-hydrogen) atoms. The molecule has 0 spiro atoms. The second-order valence-electron chi connectivity index (χ2n) is 4.54. The van der Waals surface area contributed by atoms with E-state index in [0.29, 0.717) is 12.2 Å². The number of thiol groups is 1. The SMILES string of the molecule is COc1cccc(N2CCN(C(=O)CCS)CC2)c1. The minimum atomic E-state index is 0.209. The van der Waals surface area contributed by atoms with Gasteiger partial charge >= 0.3 is 0 Å². The van der Waals surface area contributed by atoms with Crippen molar-refractivity contribution in [3.63, 3.8) is 0 Å². The number of methoxy groups -OCH3 is 1. The summed E-state index contributed by atoms with van der Waals surface area (Å²) in [5.74, 6) is 1.70. The molecule has 1 aromatic carbocycles. The smallest absolute Gasteiger partial charge is 0.223 e. The van der Waals surface area contributed by atoms with Crippen molar-refractivity contribution in [2.24, 2.45) is 0 Å². The topological polar surface area (TPSA) is 32.8 Å². The number of hydrogen-bond acceptors (Lipinski definition) is 4. The van der Waals surface area contributed by atoms with Gasteiger partial charge in [-0.25, -0.2) is 0 Å². The highest BCUT2D eigenvalue weighted by molar-refractivity contribution is 7.80. The van der Waals surface area contributed by atoms with Gasteiger partial charge in [-0.05, 0) is 17.9 Å². The maximum Gasteiger partial charge on any atom is 0.223 e. The summed E-state index contributed by atoms with van der Waals surface area (Å²) < 4.78 is 5.24. The molecule has 0 N–H and O–H groups in total. The Labute approximate surface area is 119 Å². The number of carbonyl (C=O) groups is 1. The molecule has 0 radical (unpaired) electrons. The second-order valence-corrected chi connectivity index (χ2v) is 4.99. The molecule has 0 unspecified atom stereocenters. The van der Waals surface area contributed by atoms with Crippen LogP contribution in [0.4, 0.5) is 5.69 Å².